The van der Waals surface area contributed by atoms with E-state index in [1.165, 1.54) is 13.2 Å². The fourth-order valence-corrected chi connectivity index (χ4v) is 2.06. The average Bonchev–Trinajstić information content (AvgIpc) is 2.54. The van der Waals surface area contributed by atoms with Crippen LogP contribution < -0.4 is 14.8 Å². The molecule has 0 saturated carbocycles. The summed E-state index contributed by atoms with van der Waals surface area (Å²) in [5.74, 6) is 0.177. The third kappa shape index (κ3) is 3.55. The third-order valence-corrected chi connectivity index (χ3v) is 3.38. The van der Waals surface area contributed by atoms with Crippen LogP contribution in [0, 0.1) is 5.82 Å². The molecule has 2 rings (SSSR count). The molecule has 0 saturated heterocycles. The molecule has 0 aromatic heterocycles. The van der Waals surface area contributed by atoms with Crippen molar-refractivity contribution < 1.29 is 18.7 Å². The summed E-state index contributed by atoms with van der Waals surface area (Å²) in [7, 11) is 2.97. The van der Waals surface area contributed by atoms with E-state index >= 15 is 0 Å². The summed E-state index contributed by atoms with van der Waals surface area (Å²) in [6.07, 6.45) is 0. The molecule has 2 aromatic rings. The summed E-state index contributed by atoms with van der Waals surface area (Å²) < 4.78 is 23.6. The second-order valence-electron chi connectivity index (χ2n) is 4.82. The molecule has 0 bridgehead atoms. The molecule has 2 aromatic carbocycles. The monoisotopic (exact) mass is 303 g/mol. The van der Waals surface area contributed by atoms with Crippen molar-refractivity contribution in [1.29, 1.82) is 0 Å². The van der Waals surface area contributed by atoms with Gasteiger partial charge in [0.15, 0.2) is 11.6 Å². The molecule has 0 heterocycles. The second-order valence-corrected chi connectivity index (χ2v) is 4.82. The van der Waals surface area contributed by atoms with E-state index in [1.807, 2.05) is 0 Å². The van der Waals surface area contributed by atoms with Crippen LogP contribution in [-0.2, 0) is 0 Å². The number of carbonyl (C=O) groups is 1. The molecule has 0 unspecified atom stereocenters. The van der Waals surface area contributed by atoms with Crippen molar-refractivity contribution in [1.82, 2.24) is 5.32 Å². The van der Waals surface area contributed by atoms with E-state index in [-0.39, 0.29) is 17.7 Å². The number of halogens is 1. The first-order chi connectivity index (χ1) is 10.5. The number of hydrogen-bond donors (Lipinski definition) is 1. The lowest BCUT2D eigenvalue weighted by molar-refractivity contribution is 0.0940. The van der Waals surface area contributed by atoms with Crippen LogP contribution in [0.1, 0.15) is 28.9 Å². The minimum absolute atomic E-state index is 0.178. The Balaban J connectivity index is 2.08. The van der Waals surface area contributed by atoms with E-state index in [0.717, 1.165) is 0 Å². The SMILES string of the molecule is COc1ccc(C(=O)N[C@@H](C)c2ccc(OC)c(F)c2)cc1. The molecule has 0 aliphatic heterocycles. The Labute approximate surface area is 128 Å². The summed E-state index contributed by atoms with van der Waals surface area (Å²) in [6, 6.07) is 11.1. The van der Waals surface area contributed by atoms with Crippen LogP contribution in [0.2, 0.25) is 0 Å². The summed E-state index contributed by atoms with van der Waals surface area (Å²) >= 11 is 0. The van der Waals surface area contributed by atoms with Gasteiger partial charge in [0.25, 0.3) is 5.91 Å². The number of benzene rings is 2. The molecular weight excluding hydrogens is 285 g/mol. The van der Waals surface area contributed by atoms with Crippen molar-refractivity contribution in [3.63, 3.8) is 0 Å². The summed E-state index contributed by atoms with van der Waals surface area (Å²) in [4.78, 5) is 12.2. The number of nitrogens with one attached hydrogen (secondary N) is 1. The van der Waals surface area contributed by atoms with Gasteiger partial charge in [0, 0.05) is 5.56 Å². The Morgan fingerprint density at radius 1 is 1.09 bits per heavy atom. The summed E-state index contributed by atoms with van der Waals surface area (Å²) in [5.41, 5.74) is 1.18. The minimum Gasteiger partial charge on any atom is -0.497 e. The van der Waals surface area contributed by atoms with Gasteiger partial charge in [0.1, 0.15) is 5.75 Å². The number of amides is 1. The first-order valence-corrected chi connectivity index (χ1v) is 6.83. The topological polar surface area (TPSA) is 47.6 Å². The van der Waals surface area contributed by atoms with Crippen molar-refractivity contribution in [3.8, 4) is 11.5 Å². The molecule has 4 nitrogen and oxygen atoms in total. The van der Waals surface area contributed by atoms with Crippen LogP contribution in [0.3, 0.4) is 0 Å². The van der Waals surface area contributed by atoms with E-state index in [4.69, 9.17) is 9.47 Å². The fourth-order valence-electron chi connectivity index (χ4n) is 2.06. The van der Waals surface area contributed by atoms with Gasteiger partial charge in [-0.25, -0.2) is 4.39 Å². The Morgan fingerprint density at radius 2 is 1.77 bits per heavy atom. The van der Waals surface area contributed by atoms with Gasteiger partial charge in [0.2, 0.25) is 0 Å². The van der Waals surface area contributed by atoms with Crippen LogP contribution >= 0.6 is 0 Å². The van der Waals surface area contributed by atoms with E-state index in [2.05, 4.69) is 5.32 Å². The predicted molar refractivity (Wildman–Crippen MR) is 81.8 cm³/mol. The predicted octanol–water partition coefficient (Wildman–Crippen LogP) is 3.33. The molecule has 116 valence electrons. The van der Waals surface area contributed by atoms with Gasteiger partial charge in [-0.15, -0.1) is 0 Å². The lowest BCUT2D eigenvalue weighted by Crippen LogP contribution is -2.26. The number of hydrogen-bond acceptors (Lipinski definition) is 3. The molecule has 0 aliphatic rings. The molecule has 0 spiro atoms. The zero-order chi connectivity index (χ0) is 16.1. The van der Waals surface area contributed by atoms with Crippen LogP contribution in [0.5, 0.6) is 11.5 Å². The van der Waals surface area contributed by atoms with Crippen molar-refractivity contribution in [2.24, 2.45) is 0 Å². The molecule has 22 heavy (non-hydrogen) atoms. The second kappa shape index (κ2) is 6.93. The van der Waals surface area contributed by atoms with Crippen LogP contribution in [0.15, 0.2) is 42.5 Å². The van der Waals surface area contributed by atoms with E-state index in [0.29, 0.717) is 16.9 Å². The number of methoxy groups -OCH3 is 2. The quantitative estimate of drug-likeness (QED) is 0.921. The highest BCUT2D eigenvalue weighted by Crippen LogP contribution is 2.22. The van der Waals surface area contributed by atoms with Crippen LogP contribution in [-0.4, -0.2) is 20.1 Å². The average molecular weight is 303 g/mol. The van der Waals surface area contributed by atoms with Gasteiger partial charge in [-0.1, -0.05) is 6.07 Å². The van der Waals surface area contributed by atoms with Gasteiger partial charge in [-0.05, 0) is 48.9 Å². The molecule has 0 fully saturated rings. The highest BCUT2D eigenvalue weighted by molar-refractivity contribution is 5.94. The normalized spacial score (nSPS) is 11.6. The third-order valence-electron chi connectivity index (χ3n) is 3.38. The van der Waals surface area contributed by atoms with Crippen molar-refractivity contribution in [2.75, 3.05) is 14.2 Å². The molecule has 1 N–H and O–H groups in total. The maximum Gasteiger partial charge on any atom is 0.251 e. The molecule has 0 aliphatic carbocycles. The fraction of sp³-hybridized carbons (Fsp3) is 0.235. The largest absolute Gasteiger partial charge is 0.497 e. The van der Waals surface area contributed by atoms with Crippen molar-refractivity contribution in [2.45, 2.75) is 13.0 Å². The molecule has 5 heteroatoms. The number of rotatable bonds is 5. The van der Waals surface area contributed by atoms with E-state index < -0.39 is 5.82 Å². The number of ether oxygens (including phenoxy) is 2. The maximum atomic E-state index is 13.7. The lowest BCUT2D eigenvalue weighted by atomic mass is 10.1. The maximum absolute atomic E-state index is 13.7. The van der Waals surface area contributed by atoms with Gasteiger partial charge in [-0.2, -0.15) is 0 Å². The minimum atomic E-state index is -0.453. The van der Waals surface area contributed by atoms with Gasteiger partial charge in [0.05, 0.1) is 20.3 Å². The van der Waals surface area contributed by atoms with Gasteiger partial charge < -0.3 is 14.8 Å². The lowest BCUT2D eigenvalue weighted by Gasteiger charge is -2.15. The van der Waals surface area contributed by atoms with Crippen molar-refractivity contribution >= 4 is 5.91 Å². The van der Waals surface area contributed by atoms with Crippen LogP contribution in [0.25, 0.3) is 0 Å². The Bertz CT molecular complexity index is 655. The Kier molecular flexibility index (Phi) is 4.99. The molecular formula is C17H18FNO3. The highest BCUT2D eigenvalue weighted by atomic mass is 19.1. The van der Waals surface area contributed by atoms with E-state index in [9.17, 15) is 9.18 Å². The first-order valence-electron chi connectivity index (χ1n) is 6.83. The van der Waals surface area contributed by atoms with Crippen LogP contribution in [0.4, 0.5) is 4.39 Å². The Morgan fingerprint density at radius 3 is 2.32 bits per heavy atom. The number of carbonyl (C=O) groups excluding carboxylic acids is 1. The summed E-state index contributed by atoms with van der Waals surface area (Å²) in [6.45, 7) is 1.79. The molecule has 1 amide bonds. The van der Waals surface area contributed by atoms with Gasteiger partial charge >= 0.3 is 0 Å². The zero-order valence-corrected chi connectivity index (χ0v) is 12.7. The van der Waals surface area contributed by atoms with Gasteiger partial charge in [-0.3, -0.25) is 4.79 Å². The zero-order valence-electron chi connectivity index (χ0n) is 12.7. The standard InChI is InChI=1S/C17H18FNO3/c1-11(13-6-9-16(22-3)15(18)10-13)19-17(20)12-4-7-14(21-2)8-5-12/h4-11H,1-3H3,(H,19,20)/t11-/m0/s1. The smallest absolute Gasteiger partial charge is 0.251 e. The Hall–Kier alpha value is -2.56. The van der Waals surface area contributed by atoms with Crippen molar-refractivity contribution in [3.05, 3.63) is 59.4 Å². The molecule has 1 atom stereocenters. The van der Waals surface area contributed by atoms with E-state index in [1.54, 1.807) is 50.4 Å². The highest BCUT2D eigenvalue weighted by Gasteiger charge is 2.13. The molecule has 0 radical (unpaired) electrons. The summed E-state index contributed by atoms with van der Waals surface area (Å²) in [5, 5.41) is 2.83. The first kappa shape index (κ1) is 15.8.